The molecule has 0 aliphatic rings. The lowest BCUT2D eigenvalue weighted by Gasteiger charge is -2.09. The Labute approximate surface area is 112 Å². The number of fused-ring (bicyclic) bond motifs is 1. The van der Waals surface area contributed by atoms with E-state index >= 15 is 0 Å². The molecule has 3 aromatic rings. The van der Waals surface area contributed by atoms with Crippen LogP contribution in [0.4, 0.5) is 0 Å². The van der Waals surface area contributed by atoms with Crippen LogP contribution in [0.25, 0.3) is 15.9 Å². The quantitative estimate of drug-likeness (QED) is 0.532. The van der Waals surface area contributed by atoms with Gasteiger partial charge in [-0.25, -0.2) is 4.98 Å². The first-order chi connectivity index (χ1) is 8.81. The Hall–Kier alpha value is -1.59. The lowest BCUT2D eigenvalue weighted by Crippen LogP contribution is -2.20. The van der Waals surface area contributed by atoms with Crippen LogP contribution < -0.4 is 5.56 Å². The van der Waals surface area contributed by atoms with Gasteiger partial charge in [0.25, 0.3) is 5.56 Å². The van der Waals surface area contributed by atoms with E-state index in [1.165, 1.54) is 23.1 Å². The maximum absolute atomic E-state index is 12.5. The van der Waals surface area contributed by atoms with E-state index in [1.807, 2.05) is 48.0 Å². The molecule has 3 rings (SSSR count). The average molecular weight is 274 g/mol. The Morgan fingerprint density at radius 3 is 2.72 bits per heavy atom. The summed E-state index contributed by atoms with van der Waals surface area (Å²) in [6.07, 6.45) is 1.93. The number of aromatic nitrogens is 2. The van der Waals surface area contributed by atoms with Gasteiger partial charge in [0.1, 0.15) is 4.83 Å². The molecule has 0 radical (unpaired) electrons. The van der Waals surface area contributed by atoms with Gasteiger partial charge in [-0.3, -0.25) is 9.36 Å². The predicted molar refractivity (Wildman–Crippen MR) is 77.0 cm³/mol. The van der Waals surface area contributed by atoms with Crippen molar-refractivity contribution in [3.05, 3.63) is 52.1 Å². The molecule has 2 heterocycles. The third kappa shape index (κ3) is 1.76. The lowest BCUT2D eigenvalue weighted by atomic mass is 10.3. The highest BCUT2D eigenvalue weighted by atomic mass is 32.2. The number of thiophene rings is 1. The van der Waals surface area contributed by atoms with Gasteiger partial charge < -0.3 is 0 Å². The first-order valence-electron chi connectivity index (χ1n) is 5.41. The van der Waals surface area contributed by atoms with E-state index in [1.54, 1.807) is 4.57 Å². The molecule has 90 valence electrons. The predicted octanol–water partition coefficient (Wildman–Crippen LogP) is 3.17. The first kappa shape index (κ1) is 11.5. The van der Waals surface area contributed by atoms with Crippen LogP contribution in [0, 0.1) is 0 Å². The Bertz CT molecular complexity index is 747. The summed E-state index contributed by atoms with van der Waals surface area (Å²) in [5.74, 6) is 0. The summed E-state index contributed by atoms with van der Waals surface area (Å²) in [5.41, 5.74) is 0.851. The molecule has 5 heteroatoms. The molecule has 0 bridgehead atoms. The second-order valence-electron chi connectivity index (χ2n) is 3.71. The van der Waals surface area contributed by atoms with Crippen molar-refractivity contribution in [2.75, 3.05) is 6.26 Å². The van der Waals surface area contributed by atoms with Crippen LogP contribution in [0.2, 0.25) is 0 Å². The van der Waals surface area contributed by atoms with Crippen molar-refractivity contribution < 1.29 is 0 Å². The highest BCUT2D eigenvalue weighted by Gasteiger charge is 2.12. The number of thioether (sulfide) groups is 1. The van der Waals surface area contributed by atoms with Crippen molar-refractivity contribution in [1.82, 2.24) is 9.55 Å². The van der Waals surface area contributed by atoms with Crippen LogP contribution in [0.5, 0.6) is 0 Å². The first-order valence-corrected chi connectivity index (χ1v) is 7.51. The average Bonchev–Trinajstić information content (AvgIpc) is 2.88. The van der Waals surface area contributed by atoms with E-state index in [4.69, 9.17) is 0 Å². The fourth-order valence-corrected chi connectivity index (χ4v) is 3.20. The molecule has 18 heavy (non-hydrogen) atoms. The molecule has 1 aromatic carbocycles. The van der Waals surface area contributed by atoms with Crippen molar-refractivity contribution >= 4 is 33.3 Å². The lowest BCUT2D eigenvalue weighted by molar-refractivity contribution is 0.824. The number of hydrogen-bond donors (Lipinski definition) is 0. The van der Waals surface area contributed by atoms with Crippen molar-refractivity contribution in [1.29, 1.82) is 0 Å². The minimum Gasteiger partial charge on any atom is -0.268 e. The van der Waals surface area contributed by atoms with Gasteiger partial charge in [-0.2, -0.15) is 0 Å². The fourth-order valence-electron chi connectivity index (χ4n) is 1.84. The number of para-hydroxylation sites is 1. The van der Waals surface area contributed by atoms with Gasteiger partial charge in [0, 0.05) is 0 Å². The van der Waals surface area contributed by atoms with E-state index in [2.05, 4.69) is 4.98 Å². The van der Waals surface area contributed by atoms with Crippen LogP contribution in [-0.2, 0) is 0 Å². The molecule has 0 N–H and O–H groups in total. The second-order valence-corrected chi connectivity index (χ2v) is 5.38. The summed E-state index contributed by atoms with van der Waals surface area (Å²) < 4.78 is 1.67. The maximum Gasteiger partial charge on any atom is 0.267 e. The summed E-state index contributed by atoms with van der Waals surface area (Å²) in [4.78, 5) is 17.8. The zero-order valence-electron chi connectivity index (χ0n) is 9.66. The van der Waals surface area contributed by atoms with Gasteiger partial charge in [-0.1, -0.05) is 30.0 Å². The van der Waals surface area contributed by atoms with Crippen molar-refractivity contribution in [3.63, 3.8) is 0 Å². The third-order valence-corrected chi connectivity index (χ3v) is 4.11. The van der Waals surface area contributed by atoms with Crippen LogP contribution in [0.3, 0.4) is 0 Å². The van der Waals surface area contributed by atoms with Crippen molar-refractivity contribution in [2.45, 2.75) is 5.16 Å². The van der Waals surface area contributed by atoms with Crippen LogP contribution >= 0.6 is 23.1 Å². The van der Waals surface area contributed by atoms with Crippen molar-refractivity contribution in [2.24, 2.45) is 0 Å². The molecule has 0 amide bonds. The molecule has 0 saturated carbocycles. The third-order valence-electron chi connectivity index (χ3n) is 2.66. The molecule has 3 nitrogen and oxygen atoms in total. The summed E-state index contributed by atoms with van der Waals surface area (Å²) in [5, 5.41) is 3.31. The molecule has 0 aliphatic heterocycles. The van der Waals surface area contributed by atoms with E-state index < -0.39 is 0 Å². The minimum atomic E-state index is -0.00296. The smallest absolute Gasteiger partial charge is 0.267 e. The van der Waals surface area contributed by atoms with Crippen molar-refractivity contribution in [3.8, 4) is 5.69 Å². The summed E-state index contributed by atoms with van der Waals surface area (Å²) in [7, 11) is 0. The molecule has 0 saturated heterocycles. The van der Waals surface area contributed by atoms with E-state index in [0.29, 0.717) is 5.39 Å². The van der Waals surface area contributed by atoms with Gasteiger partial charge in [-0.15, -0.1) is 11.3 Å². The molecule has 0 unspecified atom stereocenters. The summed E-state index contributed by atoms with van der Waals surface area (Å²) in [6, 6.07) is 11.4. The van der Waals surface area contributed by atoms with Gasteiger partial charge in [-0.05, 0) is 29.8 Å². The highest BCUT2D eigenvalue weighted by Crippen LogP contribution is 2.21. The van der Waals surface area contributed by atoms with Gasteiger partial charge in [0.2, 0.25) is 0 Å². The van der Waals surface area contributed by atoms with E-state index in [-0.39, 0.29) is 5.56 Å². The van der Waals surface area contributed by atoms with Crippen LogP contribution in [-0.4, -0.2) is 15.8 Å². The molecule has 0 fully saturated rings. The Kier molecular flexibility index (Phi) is 2.93. The Morgan fingerprint density at radius 2 is 2.00 bits per heavy atom. The molecule has 0 atom stereocenters. The van der Waals surface area contributed by atoms with Gasteiger partial charge in [0.15, 0.2) is 5.16 Å². The van der Waals surface area contributed by atoms with E-state index in [0.717, 1.165) is 15.7 Å². The fraction of sp³-hybridized carbons (Fsp3) is 0.0769. The standard InChI is InChI=1S/C13H10N2OS2/c1-17-13-14-11-10(7-8-18-11)12(16)15(13)9-5-3-2-4-6-9/h2-8H,1H3. The molecule has 2 aromatic heterocycles. The highest BCUT2D eigenvalue weighted by molar-refractivity contribution is 7.98. The Balaban J connectivity index is 2.40. The van der Waals surface area contributed by atoms with E-state index in [9.17, 15) is 4.79 Å². The molecule has 0 spiro atoms. The largest absolute Gasteiger partial charge is 0.268 e. The topological polar surface area (TPSA) is 34.9 Å². The zero-order valence-corrected chi connectivity index (χ0v) is 11.3. The monoisotopic (exact) mass is 274 g/mol. The number of rotatable bonds is 2. The molecular formula is C13H10N2OS2. The van der Waals surface area contributed by atoms with Crippen LogP contribution in [0.15, 0.2) is 51.7 Å². The number of hydrogen-bond acceptors (Lipinski definition) is 4. The summed E-state index contributed by atoms with van der Waals surface area (Å²) >= 11 is 2.98. The number of nitrogens with zero attached hydrogens (tertiary/aromatic N) is 2. The second kappa shape index (κ2) is 4.59. The number of benzene rings is 1. The SMILES string of the molecule is CSc1nc2sccc2c(=O)n1-c1ccccc1. The minimum absolute atomic E-state index is 0.00296. The van der Waals surface area contributed by atoms with Gasteiger partial charge >= 0.3 is 0 Å². The normalized spacial score (nSPS) is 10.9. The molecular weight excluding hydrogens is 264 g/mol. The molecule has 0 aliphatic carbocycles. The zero-order chi connectivity index (χ0) is 12.5. The van der Waals surface area contributed by atoms with Gasteiger partial charge in [0.05, 0.1) is 11.1 Å². The Morgan fingerprint density at radius 1 is 1.22 bits per heavy atom. The maximum atomic E-state index is 12.5. The summed E-state index contributed by atoms with van der Waals surface area (Å²) in [6.45, 7) is 0. The van der Waals surface area contributed by atoms with Crippen LogP contribution in [0.1, 0.15) is 0 Å².